The zero-order valence-corrected chi connectivity index (χ0v) is 12.2. The highest BCUT2D eigenvalue weighted by Gasteiger charge is 2.08. The Morgan fingerprint density at radius 1 is 1.25 bits per heavy atom. The number of rotatable bonds is 4. The normalized spacial score (nSPS) is 10.1. The van der Waals surface area contributed by atoms with Crippen LogP contribution < -0.4 is 15.8 Å². The van der Waals surface area contributed by atoms with Crippen molar-refractivity contribution in [2.24, 2.45) is 0 Å². The monoisotopic (exact) mass is 288 g/mol. The number of methoxy groups -OCH3 is 1. The Labute approximate surface area is 122 Å². The highest BCUT2D eigenvalue weighted by atomic mass is 32.2. The lowest BCUT2D eigenvalue weighted by molar-refractivity contribution is 0.0963. The van der Waals surface area contributed by atoms with Gasteiger partial charge in [-0.1, -0.05) is 17.8 Å². The Morgan fingerprint density at radius 3 is 2.75 bits per heavy atom. The van der Waals surface area contributed by atoms with Gasteiger partial charge >= 0.3 is 0 Å². The van der Waals surface area contributed by atoms with E-state index in [1.807, 2.05) is 24.3 Å². The third-order valence-corrected chi connectivity index (χ3v) is 3.83. The first-order valence-electron chi connectivity index (χ1n) is 6.07. The molecular weight excluding hydrogens is 272 g/mol. The van der Waals surface area contributed by atoms with Crippen molar-refractivity contribution in [1.29, 1.82) is 0 Å². The molecule has 0 fully saturated rings. The molecule has 2 aromatic carbocycles. The van der Waals surface area contributed by atoms with Gasteiger partial charge in [0.05, 0.1) is 7.11 Å². The summed E-state index contributed by atoms with van der Waals surface area (Å²) < 4.78 is 5.19. The van der Waals surface area contributed by atoms with E-state index in [1.54, 1.807) is 32.4 Å². The van der Waals surface area contributed by atoms with Crippen LogP contribution in [0.5, 0.6) is 5.75 Å². The predicted octanol–water partition coefficient (Wildman–Crippen LogP) is 2.79. The highest BCUT2D eigenvalue weighted by Crippen LogP contribution is 2.34. The van der Waals surface area contributed by atoms with Crippen LogP contribution in [0.1, 0.15) is 10.4 Å². The summed E-state index contributed by atoms with van der Waals surface area (Å²) in [5.74, 6) is 0.661. The molecular formula is C15H16N2O2S. The van der Waals surface area contributed by atoms with Crippen molar-refractivity contribution in [1.82, 2.24) is 5.32 Å². The molecule has 0 heterocycles. The maximum atomic E-state index is 11.6. The van der Waals surface area contributed by atoms with Crippen LogP contribution in [0.25, 0.3) is 0 Å². The minimum absolute atomic E-state index is 0.127. The Bertz CT molecular complexity index is 629. The topological polar surface area (TPSA) is 64.4 Å². The summed E-state index contributed by atoms with van der Waals surface area (Å²) in [4.78, 5) is 13.5. The molecule has 0 saturated carbocycles. The van der Waals surface area contributed by atoms with Crippen LogP contribution in [0, 0.1) is 0 Å². The fourth-order valence-electron chi connectivity index (χ4n) is 1.70. The van der Waals surface area contributed by atoms with Crippen molar-refractivity contribution < 1.29 is 9.53 Å². The SMILES string of the molecule is CNC(=O)c1ccc(N)c(Sc2cccc(OC)c2)c1. The van der Waals surface area contributed by atoms with Crippen molar-refractivity contribution >= 4 is 23.4 Å². The third-order valence-electron chi connectivity index (χ3n) is 2.77. The van der Waals surface area contributed by atoms with Gasteiger partial charge in [-0.15, -0.1) is 0 Å². The number of nitrogens with two attached hydrogens (primary N) is 1. The summed E-state index contributed by atoms with van der Waals surface area (Å²) in [5, 5.41) is 2.60. The maximum absolute atomic E-state index is 11.6. The molecule has 0 unspecified atom stereocenters. The Kier molecular flexibility index (Phi) is 4.53. The fourth-order valence-corrected chi connectivity index (χ4v) is 2.65. The van der Waals surface area contributed by atoms with Gasteiger partial charge in [-0.25, -0.2) is 0 Å². The predicted molar refractivity (Wildman–Crippen MR) is 81.4 cm³/mol. The smallest absolute Gasteiger partial charge is 0.251 e. The molecule has 0 spiro atoms. The first-order chi connectivity index (χ1) is 9.63. The van der Waals surface area contributed by atoms with Crippen molar-refractivity contribution in [2.45, 2.75) is 9.79 Å². The molecule has 0 aliphatic rings. The maximum Gasteiger partial charge on any atom is 0.251 e. The van der Waals surface area contributed by atoms with Gasteiger partial charge < -0.3 is 15.8 Å². The van der Waals surface area contributed by atoms with Crippen molar-refractivity contribution in [3.63, 3.8) is 0 Å². The van der Waals surface area contributed by atoms with Gasteiger partial charge in [0.25, 0.3) is 5.91 Å². The molecule has 0 aliphatic heterocycles. The van der Waals surface area contributed by atoms with Crippen molar-refractivity contribution in [3.05, 3.63) is 48.0 Å². The van der Waals surface area contributed by atoms with E-state index in [0.29, 0.717) is 11.3 Å². The molecule has 0 aliphatic carbocycles. The number of carbonyl (C=O) groups excluding carboxylic acids is 1. The zero-order valence-electron chi connectivity index (χ0n) is 11.3. The van der Waals surface area contributed by atoms with Gasteiger partial charge in [0.15, 0.2) is 0 Å². The first kappa shape index (κ1) is 14.3. The van der Waals surface area contributed by atoms with E-state index >= 15 is 0 Å². The lowest BCUT2D eigenvalue weighted by Gasteiger charge is -2.09. The Hall–Kier alpha value is -2.14. The molecule has 2 aromatic rings. The van der Waals surface area contributed by atoms with Gasteiger partial charge in [0, 0.05) is 28.1 Å². The summed E-state index contributed by atoms with van der Waals surface area (Å²) in [6, 6.07) is 12.9. The molecule has 4 nitrogen and oxygen atoms in total. The number of benzene rings is 2. The van der Waals surface area contributed by atoms with E-state index in [-0.39, 0.29) is 5.91 Å². The van der Waals surface area contributed by atoms with Crippen LogP contribution in [0.4, 0.5) is 5.69 Å². The average molecular weight is 288 g/mol. The molecule has 0 atom stereocenters. The number of nitrogen functional groups attached to an aromatic ring is 1. The van der Waals surface area contributed by atoms with Gasteiger partial charge in [-0.3, -0.25) is 4.79 Å². The standard InChI is InChI=1S/C15H16N2O2S/c1-17-15(18)10-6-7-13(16)14(8-10)20-12-5-3-4-11(9-12)19-2/h3-9H,16H2,1-2H3,(H,17,18). The number of amides is 1. The molecule has 0 bridgehead atoms. The number of hydrogen-bond acceptors (Lipinski definition) is 4. The van der Waals surface area contributed by atoms with Crippen LogP contribution in [0.2, 0.25) is 0 Å². The zero-order chi connectivity index (χ0) is 14.5. The molecule has 104 valence electrons. The van der Waals surface area contributed by atoms with Crippen LogP contribution in [-0.2, 0) is 0 Å². The van der Waals surface area contributed by atoms with E-state index in [0.717, 1.165) is 15.5 Å². The number of anilines is 1. The van der Waals surface area contributed by atoms with Crippen LogP contribution in [-0.4, -0.2) is 20.1 Å². The minimum Gasteiger partial charge on any atom is -0.497 e. The fraction of sp³-hybridized carbons (Fsp3) is 0.133. The van der Waals surface area contributed by atoms with Gasteiger partial charge in [0.1, 0.15) is 5.75 Å². The average Bonchev–Trinajstić information content (AvgIpc) is 2.49. The molecule has 1 amide bonds. The summed E-state index contributed by atoms with van der Waals surface area (Å²) in [7, 11) is 3.23. The van der Waals surface area contributed by atoms with Gasteiger partial charge in [-0.05, 0) is 36.4 Å². The van der Waals surface area contributed by atoms with E-state index in [1.165, 1.54) is 11.8 Å². The number of carbonyl (C=O) groups is 1. The van der Waals surface area contributed by atoms with Crippen LogP contribution >= 0.6 is 11.8 Å². The summed E-state index contributed by atoms with van der Waals surface area (Å²) in [6.07, 6.45) is 0. The largest absolute Gasteiger partial charge is 0.497 e. The van der Waals surface area contributed by atoms with Crippen LogP contribution in [0.3, 0.4) is 0 Å². The molecule has 20 heavy (non-hydrogen) atoms. The van der Waals surface area contributed by atoms with E-state index < -0.39 is 0 Å². The Morgan fingerprint density at radius 2 is 2.05 bits per heavy atom. The summed E-state index contributed by atoms with van der Waals surface area (Å²) >= 11 is 1.50. The molecule has 5 heteroatoms. The highest BCUT2D eigenvalue weighted by molar-refractivity contribution is 7.99. The molecule has 3 N–H and O–H groups in total. The second kappa shape index (κ2) is 6.34. The lowest BCUT2D eigenvalue weighted by atomic mass is 10.2. The Balaban J connectivity index is 2.30. The first-order valence-corrected chi connectivity index (χ1v) is 6.89. The van der Waals surface area contributed by atoms with Crippen molar-refractivity contribution in [2.75, 3.05) is 19.9 Å². The number of ether oxygens (including phenoxy) is 1. The van der Waals surface area contributed by atoms with Gasteiger partial charge in [-0.2, -0.15) is 0 Å². The van der Waals surface area contributed by atoms with Crippen LogP contribution in [0.15, 0.2) is 52.3 Å². The van der Waals surface area contributed by atoms with E-state index in [4.69, 9.17) is 10.5 Å². The molecule has 0 aromatic heterocycles. The van der Waals surface area contributed by atoms with Crippen molar-refractivity contribution in [3.8, 4) is 5.75 Å². The second-order valence-electron chi connectivity index (χ2n) is 4.11. The van der Waals surface area contributed by atoms with E-state index in [2.05, 4.69) is 5.32 Å². The second-order valence-corrected chi connectivity index (χ2v) is 5.23. The summed E-state index contributed by atoms with van der Waals surface area (Å²) in [5.41, 5.74) is 7.20. The number of hydrogen-bond donors (Lipinski definition) is 2. The minimum atomic E-state index is -0.127. The third kappa shape index (κ3) is 3.24. The van der Waals surface area contributed by atoms with E-state index in [9.17, 15) is 4.79 Å². The molecule has 0 radical (unpaired) electrons. The molecule has 2 rings (SSSR count). The van der Waals surface area contributed by atoms with Gasteiger partial charge in [0.2, 0.25) is 0 Å². The quantitative estimate of drug-likeness (QED) is 0.849. The lowest BCUT2D eigenvalue weighted by Crippen LogP contribution is -2.17. The number of nitrogens with one attached hydrogen (secondary N) is 1. The summed E-state index contributed by atoms with van der Waals surface area (Å²) in [6.45, 7) is 0. The molecule has 0 saturated heterocycles.